The van der Waals surface area contributed by atoms with Gasteiger partial charge in [-0.3, -0.25) is 4.98 Å². The van der Waals surface area contributed by atoms with Crippen molar-refractivity contribution in [2.24, 2.45) is 0 Å². The molecule has 0 aliphatic rings. The Morgan fingerprint density at radius 3 is 2.48 bits per heavy atom. The molecule has 150 valence electrons. The number of hydrogen-bond donors (Lipinski definition) is 0. The zero-order valence-electron chi connectivity index (χ0n) is 16.4. The zero-order chi connectivity index (χ0) is 21.0. The highest BCUT2D eigenvalue weighted by molar-refractivity contribution is 7.13. The molecule has 5 rings (SSSR count). The summed E-state index contributed by atoms with van der Waals surface area (Å²) in [6.07, 6.45) is 3.41. The molecule has 0 spiro atoms. The van der Waals surface area contributed by atoms with Gasteiger partial charge in [0.2, 0.25) is 0 Å². The van der Waals surface area contributed by atoms with Crippen molar-refractivity contribution in [3.63, 3.8) is 0 Å². The second-order valence-corrected chi connectivity index (χ2v) is 7.75. The summed E-state index contributed by atoms with van der Waals surface area (Å²) in [7, 11) is 0. The van der Waals surface area contributed by atoms with E-state index in [1.54, 1.807) is 18.5 Å². The monoisotopic (exact) mass is 423 g/mol. The molecular formula is C25H17N3O2S. The Labute approximate surface area is 183 Å². The molecule has 0 fully saturated rings. The van der Waals surface area contributed by atoms with Gasteiger partial charge in [0, 0.05) is 34.3 Å². The van der Waals surface area contributed by atoms with Gasteiger partial charge in [0.15, 0.2) is 0 Å². The molecule has 0 saturated heterocycles. The number of benzene rings is 2. The Hall–Kier alpha value is -3.90. The highest BCUT2D eigenvalue weighted by Gasteiger charge is 2.16. The van der Waals surface area contributed by atoms with Crippen molar-refractivity contribution in [2.75, 3.05) is 0 Å². The molecule has 0 N–H and O–H groups in total. The number of ether oxygens (including phenoxy) is 1. The lowest BCUT2D eigenvalue weighted by molar-refractivity contribution is 0.0471. The Balaban J connectivity index is 1.41. The fraction of sp³-hybridized carbons (Fsp3) is 0.0400. The molecule has 0 radical (unpaired) electrons. The van der Waals surface area contributed by atoms with Gasteiger partial charge in [-0.1, -0.05) is 48.5 Å². The van der Waals surface area contributed by atoms with Crippen LogP contribution in [-0.4, -0.2) is 20.9 Å². The van der Waals surface area contributed by atoms with Gasteiger partial charge < -0.3 is 4.74 Å². The summed E-state index contributed by atoms with van der Waals surface area (Å²) in [6.45, 7) is 0.114. The SMILES string of the molecule is O=C(OCc1csc(-c2ccccc2)n1)c1cc(-c2ccncc2)nc2ccccc12. The van der Waals surface area contributed by atoms with Crippen LogP contribution in [-0.2, 0) is 11.3 Å². The van der Waals surface area contributed by atoms with Gasteiger partial charge in [0.25, 0.3) is 0 Å². The predicted molar refractivity (Wildman–Crippen MR) is 122 cm³/mol. The van der Waals surface area contributed by atoms with Crippen LogP contribution in [0.1, 0.15) is 16.1 Å². The average molecular weight is 423 g/mol. The van der Waals surface area contributed by atoms with Crippen molar-refractivity contribution in [3.8, 4) is 21.8 Å². The van der Waals surface area contributed by atoms with E-state index >= 15 is 0 Å². The van der Waals surface area contributed by atoms with Crippen LogP contribution in [0.4, 0.5) is 0 Å². The van der Waals surface area contributed by atoms with Crippen LogP contribution < -0.4 is 0 Å². The topological polar surface area (TPSA) is 65.0 Å². The van der Waals surface area contributed by atoms with Crippen LogP contribution in [0.25, 0.3) is 32.7 Å². The summed E-state index contributed by atoms with van der Waals surface area (Å²) in [5, 5.41) is 3.58. The van der Waals surface area contributed by atoms with Gasteiger partial charge >= 0.3 is 5.97 Å². The maximum atomic E-state index is 13.0. The Kier molecular flexibility index (Phi) is 5.21. The smallest absolute Gasteiger partial charge is 0.339 e. The third-order valence-electron chi connectivity index (χ3n) is 4.84. The number of fused-ring (bicyclic) bond motifs is 1. The molecule has 2 aromatic carbocycles. The molecule has 0 aliphatic heterocycles. The van der Waals surface area contributed by atoms with Crippen molar-refractivity contribution in [1.82, 2.24) is 15.0 Å². The summed E-state index contributed by atoms with van der Waals surface area (Å²) < 4.78 is 5.63. The molecule has 0 unspecified atom stereocenters. The highest BCUT2D eigenvalue weighted by atomic mass is 32.1. The Bertz CT molecular complexity index is 1350. The summed E-state index contributed by atoms with van der Waals surface area (Å²) >= 11 is 1.53. The van der Waals surface area contributed by atoms with Crippen LogP contribution in [0.3, 0.4) is 0 Å². The minimum Gasteiger partial charge on any atom is -0.456 e. The van der Waals surface area contributed by atoms with Gasteiger partial charge in [-0.25, -0.2) is 14.8 Å². The van der Waals surface area contributed by atoms with Gasteiger partial charge in [-0.15, -0.1) is 11.3 Å². The fourth-order valence-corrected chi connectivity index (χ4v) is 4.13. The molecule has 0 aliphatic carbocycles. The molecule has 31 heavy (non-hydrogen) atoms. The number of esters is 1. The number of pyridine rings is 2. The minimum absolute atomic E-state index is 0.114. The van der Waals surface area contributed by atoms with Gasteiger partial charge in [0.05, 0.1) is 22.5 Å². The molecule has 0 atom stereocenters. The van der Waals surface area contributed by atoms with E-state index in [0.29, 0.717) is 11.3 Å². The number of rotatable bonds is 5. The zero-order valence-corrected chi connectivity index (χ0v) is 17.3. The number of carbonyl (C=O) groups excluding carboxylic acids is 1. The molecule has 3 aromatic heterocycles. The number of nitrogens with zero attached hydrogens (tertiary/aromatic N) is 3. The molecule has 6 heteroatoms. The van der Waals surface area contributed by atoms with Crippen LogP contribution >= 0.6 is 11.3 Å². The van der Waals surface area contributed by atoms with E-state index < -0.39 is 5.97 Å². The lowest BCUT2D eigenvalue weighted by Crippen LogP contribution is -2.07. The first-order valence-corrected chi connectivity index (χ1v) is 10.6. The van der Waals surface area contributed by atoms with Crippen LogP contribution in [0.15, 0.2) is 90.6 Å². The molecule has 3 heterocycles. The van der Waals surface area contributed by atoms with E-state index in [0.717, 1.165) is 32.7 Å². The number of para-hydroxylation sites is 1. The van der Waals surface area contributed by atoms with Gasteiger partial charge in [-0.05, 0) is 24.3 Å². The largest absolute Gasteiger partial charge is 0.456 e. The molecule has 0 bridgehead atoms. The Morgan fingerprint density at radius 1 is 0.871 bits per heavy atom. The van der Waals surface area contributed by atoms with Crippen molar-refractivity contribution in [3.05, 3.63) is 102 Å². The van der Waals surface area contributed by atoms with Crippen LogP contribution in [0, 0.1) is 0 Å². The molecule has 0 saturated carbocycles. The quantitative estimate of drug-likeness (QED) is 0.335. The summed E-state index contributed by atoms with van der Waals surface area (Å²) in [4.78, 5) is 26.4. The summed E-state index contributed by atoms with van der Waals surface area (Å²) in [6, 6.07) is 23.0. The van der Waals surface area contributed by atoms with Crippen molar-refractivity contribution in [2.45, 2.75) is 6.61 Å². The average Bonchev–Trinajstić information content (AvgIpc) is 3.32. The van der Waals surface area contributed by atoms with E-state index in [-0.39, 0.29) is 6.61 Å². The lowest BCUT2D eigenvalue weighted by Gasteiger charge is -2.09. The molecule has 5 aromatic rings. The number of thiazole rings is 1. The fourth-order valence-electron chi connectivity index (χ4n) is 3.32. The first-order chi connectivity index (χ1) is 15.3. The molecular weight excluding hydrogens is 406 g/mol. The normalized spacial score (nSPS) is 10.8. The highest BCUT2D eigenvalue weighted by Crippen LogP contribution is 2.26. The van der Waals surface area contributed by atoms with Gasteiger partial charge in [-0.2, -0.15) is 0 Å². The van der Waals surface area contributed by atoms with E-state index in [9.17, 15) is 4.79 Å². The predicted octanol–water partition coefficient (Wildman–Crippen LogP) is 5.78. The first-order valence-electron chi connectivity index (χ1n) is 9.75. The minimum atomic E-state index is -0.400. The maximum Gasteiger partial charge on any atom is 0.339 e. The second kappa shape index (κ2) is 8.45. The third kappa shape index (κ3) is 4.06. The lowest BCUT2D eigenvalue weighted by atomic mass is 10.0. The molecule has 0 amide bonds. The van der Waals surface area contributed by atoms with Crippen LogP contribution in [0.5, 0.6) is 0 Å². The summed E-state index contributed by atoms with van der Waals surface area (Å²) in [5.74, 6) is -0.400. The van der Waals surface area contributed by atoms with E-state index in [1.807, 2.05) is 72.1 Å². The van der Waals surface area contributed by atoms with Gasteiger partial charge in [0.1, 0.15) is 11.6 Å². The standard InChI is InChI=1S/C25H17N3O2S/c29-25(30-15-19-16-31-24(27-19)18-6-2-1-3-7-18)21-14-23(17-10-12-26-13-11-17)28-22-9-5-4-8-20(21)22/h1-14,16H,15H2. The van der Waals surface area contributed by atoms with Crippen molar-refractivity contribution in [1.29, 1.82) is 0 Å². The molecule has 5 nitrogen and oxygen atoms in total. The third-order valence-corrected chi connectivity index (χ3v) is 5.78. The Morgan fingerprint density at radius 2 is 1.65 bits per heavy atom. The van der Waals surface area contributed by atoms with Crippen LogP contribution in [0.2, 0.25) is 0 Å². The number of hydrogen-bond acceptors (Lipinski definition) is 6. The van der Waals surface area contributed by atoms with E-state index in [4.69, 9.17) is 9.72 Å². The number of carbonyl (C=O) groups is 1. The maximum absolute atomic E-state index is 13.0. The second-order valence-electron chi connectivity index (χ2n) is 6.89. The van der Waals surface area contributed by atoms with Crippen molar-refractivity contribution < 1.29 is 9.53 Å². The van der Waals surface area contributed by atoms with Crippen molar-refractivity contribution >= 4 is 28.2 Å². The first kappa shape index (κ1) is 19.1. The summed E-state index contributed by atoms with van der Waals surface area (Å²) in [5.41, 5.74) is 4.59. The number of aromatic nitrogens is 3. The van der Waals surface area contributed by atoms with E-state index in [2.05, 4.69) is 9.97 Å². The van der Waals surface area contributed by atoms with E-state index in [1.165, 1.54) is 11.3 Å².